The van der Waals surface area contributed by atoms with E-state index in [4.69, 9.17) is 0 Å². The fourth-order valence-electron chi connectivity index (χ4n) is 6.22. The molecule has 0 radical (unpaired) electrons. The van der Waals surface area contributed by atoms with E-state index >= 15 is 0 Å². The first-order valence-corrected chi connectivity index (χ1v) is 12.1. The highest BCUT2D eigenvalue weighted by Crippen LogP contribution is 2.44. The number of hydrogen-bond donors (Lipinski definition) is 0. The minimum Gasteiger partial charge on any atom is -0.0590 e. The summed E-state index contributed by atoms with van der Waals surface area (Å²) in [6.45, 7) is 9.59. The summed E-state index contributed by atoms with van der Waals surface area (Å²) >= 11 is 0. The Morgan fingerprint density at radius 1 is 0.586 bits per heavy atom. The van der Waals surface area contributed by atoms with Crippen LogP contribution in [0.15, 0.2) is 36.4 Å². The number of rotatable bonds is 4. The van der Waals surface area contributed by atoms with Crippen LogP contribution >= 0.6 is 0 Å². The van der Waals surface area contributed by atoms with Crippen molar-refractivity contribution in [3.8, 4) is 0 Å². The van der Waals surface area contributed by atoms with Crippen LogP contribution in [0.5, 0.6) is 0 Å². The molecule has 2 aliphatic carbocycles. The summed E-state index contributed by atoms with van der Waals surface area (Å²) in [6, 6.07) is 14.6. The summed E-state index contributed by atoms with van der Waals surface area (Å²) in [6.07, 6.45) is 14.9. The van der Waals surface area contributed by atoms with Gasteiger partial charge in [0.1, 0.15) is 0 Å². The lowest BCUT2D eigenvalue weighted by Crippen LogP contribution is -2.28. The van der Waals surface area contributed by atoms with E-state index in [9.17, 15) is 0 Å². The zero-order chi connectivity index (χ0) is 20.5. The summed E-state index contributed by atoms with van der Waals surface area (Å²) in [5.41, 5.74) is 9.97. The Morgan fingerprint density at radius 2 is 0.966 bits per heavy atom. The van der Waals surface area contributed by atoms with Gasteiger partial charge in [-0.25, -0.2) is 0 Å². The Labute approximate surface area is 179 Å². The average Bonchev–Trinajstić information content (AvgIpc) is 2.71. The molecule has 0 heteroatoms. The maximum atomic E-state index is 2.53. The van der Waals surface area contributed by atoms with Crippen molar-refractivity contribution in [3.63, 3.8) is 0 Å². The van der Waals surface area contributed by atoms with Crippen LogP contribution in [-0.2, 0) is 17.3 Å². The van der Waals surface area contributed by atoms with Crippen LogP contribution in [0, 0.1) is 13.8 Å². The largest absolute Gasteiger partial charge is 0.0590 e. The van der Waals surface area contributed by atoms with Gasteiger partial charge in [-0.2, -0.15) is 0 Å². The summed E-state index contributed by atoms with van der Waals surface area (Å²) in [7, 11) is 0. The van der Waals surface area contributed by atoms with Gasteiger partial charge in [0.2, 0.25) is 0 Å². The van der Waals surface area contributed by atoms with Crippen LogP contribution in [0.1, 0.15) is 111 Å². The molecule has 0 amide bonds. The van der Waals surface area contributed by atoms with E-state index in [1.807, 2.05) is 0 Å². The Morgan fingerprint density at radius 3 is 1.34 bits per heavy atom. The molecule has 2 aromatic carbocycles. The first-order valence-electron chi connectivity index (χ1n) is 12.1. The van der Waals surface area contributed by atoms with Crippen LogP contribution in [0.2, 0.25) is 0 Å². The number of benzene rings is 2. The van der Waals surface area contributed by atoms with E-state index in [0.29, 0.717) is 10.8 Å². The Bertz CT molecular complexity index is 773. The van der Waals surface area contributed by atoms with Crippen LogP contribution in [-0.4, -0.2) is 0 Å². The molecule has 2 fully saturated rings. The molecule has 0 aromatic heterocycles. The van der Waals surface area contributed by atoms with Crippen molar-refractivity contribution in [2.75, 3.05) is 0 Å². The summed E-state index contributed by atoms with van der Waals surface area (Å²) in [4.78, 5) is 0. The minimum absolute atomic E-state index is 0.360. The molecular weight excluding hydrogens is 348 g/mol. The molecule has 4 rings (SSSR count). The van der Waals surface area contributed by atoms with E-state index in [1.54, 1.807) is 22.3 Å². The monoisotopic (exact) mass is 388 g/mol. The van der Waals surface area contributed by atoms with Crippen LogP contribution in [0.4, 0.5) is 0 Å². The van der Waals surface area contributed by atoms with Crippen molar-refractivity contribution in [3.05, 3.63) is 69.8 Å². The van der Waals surface area contributed by atoms with Crippen LogP contribution in [0.25, 0.3) is 0 Å². The number of hydrogen-bond acceptors (Lipinski definition) is 0. The standard InChI is InChI=1S/C29H40/c1-22-11-13-24(26(19-22)28(3)15-7-5-8-16-28)21-25-14-12-23(2)20-27(25)29(4)17-9-6-10-18-29/h11-14,19-20H,5-10,15-18,21H2,1-4H3. The van der Waals surface area contributed by atoms with Crippen molar-refractivity contribution in [1.82, 2.24) is 0 Å². The Hall–Kier alpha value is -1.56. The average molecular weight is 389 g/mol. The van der Waals surface area contributed by atoms with E-state index < -0.39 is 0 Å². The van der Waals surface area contributed by atoms with Crippen molar-refractivity contribution < 1.29 is 0 Å². The molecule has 0 saturated heterocycles. The molecule has 0 heterocycles. The van der Waals surface area contributed by atoms with E-state index in [0.717, 1.165) is 6.42 Å². The summed E-state index contributed by atoms with van der Waals surface area (Å²) in [5, 5.41) is 0. The SMILES string of the molecule is Cc1ccc(Cc2ccc(C)cc2C2(C)CCCCC2)c(C2(C)CCCCC2)c1. The molecule has 0 nitrogen and oxygen atoms in total. The van der Waals surface area contributed by atoms with Crippen molar-refractivity contribution >= 4 is 0 Å². The topological polar surface area (TPSA) is 0 Å². The van der Waals surface area contributed by atoms with Crippen molar-refractivity contribution in [1.29, 1.82) is 0 Å². The molecule has 0 spiro atoms. The third kappa shape index (κ3) is 4.32. The second-order valence-electron chi connectivity index (χ2n) is 10.7. The van der Waals surface area contributed by atoms with Gasteiger partial charge in [0.25, 0.3) is 0 Å². The maximum absolute atomic E-state index is 2.53. The van der Waals surface area contributed by atoms with Crippen LogP contribution < -0.4 is 0 Å². The van der Waals surface area contributed by atoms with Gasteiger partial charge in [-0.3, -0.25) is 0 Å². The molecule has 0 unspecified atom stereocenters. The summed E-state index contributed by atoms with van der Waals surface area (Å²) < 4.78 is 0. The fourth-order valence-corrected chi connectivity index (χ4v) is 6.22. The van der Waals surface area contributed by atoms with Gasteiger partial charge in [0, 0.05) is 0 Å². The summed E-state index contributed by atoms with van der Waals surface area (Å²) in [5.74, 6) is 0. The van der Waals surface area contributed by atoms with Crippen molar-refractivity contribution in [2.45, 2.75) is 109 Å². The smallest absolute Gasteiger partial charge is 0.00199 e. The van der Waals surface area contributed by atoms with Crippen LogP contribution in [0.3, 0.4) is 0 Å². The van der Waals surface area contributed by atoms with E-state index in [2.05, 4.69) is 64.1 Å². The molecule has 0 atom stereocenters. The normalized spacial score (nSPS) is 21.1. The second-order valence-corrected chi connectivity index (χ2v) is 10.7. The third-order valence-corrected chi connectivity index (χ3v) is 8.13. The predicted octanol–water partition coefficient (Wildman–Crippen LogP) is 8.34. The highest BCUT2D eigenvalue weighted by molar-refractivity contribution is 5.45. The second kappa shape index (κ2) is 8.29. The highest BCUT2D eigenvalue weighted by atomic mass is 14.4. The molecule has 2 saturated carbocycles. The first-order chi connectivity index (χ1) is 13.9. The maximum Gasteiger partial charge on any atom is -0.00199 e. The van der Waals surface area contributed by atoms with Crippen molar-refractivity contribution in [2.24, 2.45) is 0 Å². The van der Waals surface area contributed by atoms with Gasteiger partial charge in [0.15, 0.2) is 0 Å². The molecular formula is C29H40. The molecule has 29 heavy (non-hydrogen) atoms. The van der Waals surface area contributed by atoms with Gasteiger partial charge in [-0.15, -0.1) is 0 Å². The Balaban J connectivity index is 1.74. The lowest BCUT2D eigenvalue weighted by molar-refractivity contribution is 0.315. The molecule has 0 N–H and O–H groups in total. The molecule has 2 aliphatic rings. The lowest BCUT2D eigenvalue weighted by Gasteiger charge is -2.38. The number of aryl methyl sites for hydroxylation is 2. The van der Waals surface area contributed by atoms with Gasteiger partial charge < -0.3 is 0 Å². The molecule has 0 bridgehead atoms. The quantitative estimate of drug-likeness (QED) is 0.493. The fraction of sp³-hybridized carbons (Fsp3) is 0.586. The van der Waals surface area contributed by atoms with Gasteiger partial charge >= 0.3 is 0 Å². The zero-order valence-corrected chi connectivity index (χ0v) is 19.2. The third-order valence-electron chi connectivity index (χ3n) is 8.13. The van der Waals surface area contributed by atoms with E-state index in [1.165, 1.54) is 75.3 Å². The van der Waals surface area contributed by atoms with Gasteiger partial charge in [-0.05, 0) is 79.0 Å². The Kier molecular flexibility index (Phi) is 5.92. The van der Waals surface area contributed by atoms with Gasteiger partial charge in [-0.1, -0.05) is 99.9 Å². The lowest BCUT2D eigenvalue weighted by atomic mass is 9.67. The molecule has 156 valence electrons. The predicted molar refractivity (Wildman–Crippen MR) is 126 cm³/mol. The first kappa shape index (κ1) is 20.7. The highest BCUT2D eigenvalue weighted by Gasteiger charge is 2.33. The molecule has 0 aliphatic heterocycles. The van der Waals surface area contributed by atoms with Gasteiger partial charge in [0.05, 0.1) is 0 Å². The minimum atomic E-state index is 0.360. The van der Waals surface area contributed by atoms with E-state index in [-0.39, 0.29) is 0 Å². The zero-order valence-electron chi connectivity index (χ0n) is 19.2. The molecule has 2 aromatic rings.